The number of carbonyl (C=O) groups is 1. The third-order valence-corrected chi connectivity index (χ3v) is 1.54. The maximum absolute atomic E-state index is 12.2. The molecule has 0 amide bonds. The van der Waals surface area contributed by atoms with Gasteiger partial charge in [-0.1, -0.05) is 0 Å². The third-order valence-electron chi connectivity index (χ3n) is 1.54. The van der Waals surface area contributed by atoms with Crippen LogP contribution in [0.15, 0.2) is 12.4 Å². The highest BCUT2D eigenvalue weighted by molar-refractivity contribution is 5.97. The van der Waals surface area contributed by atoms with Gasteiger partial charge in [-0.15, -0.1) is 0 Å². The van der Waals surface area contributed by atoms with Gasteiger partial charge >= 0.3 is 0 Å². The van der Waals surface area contributed by atoms with Crippen molar-refractivity contribution in [1.29, 1.82) is 0 Å². The zero-order valence-corrected chi connectivity index (χ0v) is 7.45. The van der Waals surface area contributed by atoms with E-state index in [1.165, 1.54) is 6.92 Å². The Morgan fingerprint density at radius 1 is 1.50 bits per heavy atom. The number of halogens is 2. The standard InChI is InChI=1S/C8H9F2N3O/c1-4(11)7(14)5-2-12-3-6(13-5)8(9)10/h2-4,8H,11H2,1H3. The average molecular weight is 201 g/mol. The van der Waals surface area contributed by atoms with E-state index in [1.807, 2.05) is 0 Å². The van der Waals surface area contributed by atoms with Crippen LogP contribution in [0.4, 0.5) is 8.78 Å². The number of hydrogen-bond donors (Lipinski definition) is 1. The molecule has 6 heteroatoms. The maximum atomic E-state index is 12.2. The van der Waals surface area contributed by atoms with Crippen LogP contribution in [0.1, 0.15) is 29.5 Å². The number of aromatic nitrogens is 2. The smallest absolute Gasteiger partial charge is 0.281 e. The Morgan fingerprint density at radius 2 is 2.14 bits per heavy atom. The number of nitrogens with two attached hydrogens (primary N) is 1. The van der Waals surface area contributed by atoms with Crippen LogP contribution in [-0.2, 0) is 0 Å². The van der Waals surface area contributed by atoms with Gasteiger partial charge < -0.3 is 5.73 Å². The third kappa shape index (κ3) is 2.29. The van der Waals surface area contributed by atoms with Crippen LogP contribution < -0.4 is 5.73 Å². The van der Waals surface area contributed by atoms with Gasteiger partial charge in [0.05, 0.1) is 18.4 Å². The van der Waals surface area contributed by atoms with Gasteiger partial charge in [-0.3, -0.25) is 9.78 Å². The molecule has 0 aliphatic carbocycles. The predicted molar refractivity (Wildman–Crippen MR) is 45.0 cm³/mol. The molecule has 1 unspecified atom stereocenters. The second-order valence-corrected chi connectivity index (χ2v) is 2.78. The van der Waals surface area contributed by atoms with Gasteiger partial charge in [0.15, 0.2) is 5.78 Å². The molecule has 0 radical (unpaired) electrons. The Labute approximate surface area is 79.2 Å². The van der Waals surface area contributed by atoms with E-state index >= 15 is 0 Å². The van der Waals surface area contributed by atoms with Crippen LogP contribution in [0, 0.1) is 0 Å². The van der Waals surface area contributed by atoms with Crippen LogP contribution in [0.5, 0.6) is 0 Å². The van der Waals surface area contributed by atoms with Crippen molar-refractivity contribution in [3.8, 4) is 0 Å². The lowest BCUT2D eigenvalue weighted by atomic mass is 10.2. The van der Waals surface area contributed by atoms with E-state index in [9.17, 15) is 13.6 Å². The van der Waals surface area contributed by atoms with Gasteiger partial charge in [0.1, 0.15) is 11.4 Å². The van der Waals surface area contributed by atoms with Crippen molar-refractivity contribution >= 4 is 5.78 Å². The molecule has 4 nitrogen and oxygen atoms in total. The quantitative estimate of drug-likeness (QED) is 0.739. The number of Topliss-reactive ketones (excluding diaryl/α,β-unsaturated/α-hetero) is 1. The number of ketones is 1. The molecule has 0 saturated heterocycles. The minimum atomic E-state index is -2.73. The molecule has 0 bridgehead atoms. The first-order valence-electron chi connectivity index (χ1n) is 3.92. The van der Waals surface area contributed by atoms with Gasteiger partial charge in [-0.05, 0) is 6.92 Å². The van der Waals surface area contributed by atoms with Gasteiger partial charge in [-0.25, -0.2) is 13.8 Å². The number of rotatable bonds is 3. The molecule has 0 aromatic carbocycles. The molecule has 1 atom stereocenters. The van der Waals surface area contributed by atoms with E-state index < -0.39 is 23.9 Å². The number of alkyl halides is 2. The van der Waals surface area contributed by atoms with Crippen LogP contribution >= 0.6 is 0 Å². The monoisotopic (exact) mass is 201 g/mol. The highest BCUT2D eigenvalue weighted by atomic mass is 19.3. The molecule has 0 aliphatic rings. The molecule has 1 rings (SSSR count). The molecule has 14 heavy (non-hydrogen) atoms. The van der Waals surface area contributed by atoms with Gasteiger partial charge in [-0.2, -0.15) is 0 Å². The molecule has 1 heterocycles. The highest BCUT2D eigenvalue weighted by Gasteiger charge is 2.16. The maximum Gasteiger partial charge on any atom is 0.281 e. The average Bonchev–Trinajstić information content (AvgIpc) is 2.16. The number of hydrogen-bond acceptors (Lipinski definition) is 4. The lowest BCUT2D eigenvalue weighted by molar-refractivity contribution is 0.0960. The van der Waals surface area contributed by atoms with E-state index in [2.05, 4.69) is 9.97 Å². The summed E-state index contributed by atoms with van der Waals surface area (Å²) in [6.07, 6.45) is -0.691. The minimum absolute atomic E-state index is 0.127. The Morgan fingerprint density at radius 3 is 2.64 bits per heavy atom. The van der Waals surface area contributed by atoms with Crippen molar-refractivity contribution in [1.82, 2.24) is 9.97 Å². The Kier molecular flexibility index (Phi) is 3.19. The van der Waals surface area contributed by atoms with E-state index in [4.69, 9.17) is 5.73 Å². The van der Waals surface area contributed by atoms with Crippen molar-refractivity contribution < 1.29 is 13.6 Å². The normalized spacial score (nSPS) is 12.9. The summed E-state index contributed by atoms with van der Waals surface area (Å²) in [5.41, 5.74) is 4.65. The fraction of sp³-hybridized carbons (Fsp3) is 0.375. The minimum Gasteiger partial charge on any atom is -0.321 e. The molecule has 1 aromatic rings. The first-order valence-corrected chi connectivity index (χ1v) is 3.92. The molecular weight excluding hydrogens is 192 g/mol. The molecule has 0 spiro atoms. The fourth-order valence-corrected chi connectivity index (χ4v) is 0.838. The van der Waals surface area contributed by atoms with E-state index in [1.54, 1.807) is 0 Å². The predicted octanol–water partition coefficient (Wildman–Crippen LogP) is 0.944. The van der Waals surface area contributed by atoms with Gasteiger partial charge in [0.25, 0.3) is 6.43 Å². The molecule has 1 aromatic heterocycles. The summed E-state index contributed by atoms with van der Waals surface area (Å²) in [6, 6.07) is -0.766. The molecule has 2 N–H and O–H groups in total. The second-order valence-electron chi connectivity index (χ2n) is 2.78. The lowest BCUT2D eigenvalue weighted by Crippen LogP contribution is -2.27. The summed E-state index contributed by atoms with van der Waals surface area (Å²) < 4.78 is 24.3. The summed E-state index contributed by atoms with van der Waals surface area (Å²) in [5, 5.41) is 0. The zero-order valence-electron chi connectivity index (χ0n) is 7.45. The number of nitrogens with zero attached hydrogens (tertiary/aromatic N) is 2. The SMILES string of the molecule is CC(N)C(=O)c1cncc(C(F)F)n1. The van der Waals surface area contributed by atoms with Crippen LogP contribution in [0.3, 0.4) is 0 Å². The Bertz CT molecular complexity index is 341. The van der Waals surface area contributed by atoms with Gasteiger partial charge in [0.2, 0.25) is 0 Å². The molecule has 0 aliphatic heterocycles. The topological polar surface area (TPSA) is 68.9 Å². The molecule has 0 fully saturated rings. The lowest BCUT2D eigenvalue weighted by Gasteiger charge is -2.04. The number of carbonyl (C=O) groups excluding carboxylic acids is 1. The molecule has 76 valence electrons. The fourth-order valence-electron chi connectivity index (χ4n) is 0.838. The van der Waals surface area contributed by atoms with Crippen LogP contribution in [-0.4, -0.2) is 21.8 Å². The van der Waals surface area contributed by atoms with E-state index in [0.717, 1.165) is 12.4 Å². The van der Waals surface area contributed by atoms with E-state index in [-0.39, 0.29) is 5.69 Å². The summed E-state index contributed by atoms with van der Waals surface area (Å²) in [4.78, 5) is 18.2. The molecular formula is C8H9F2N3O. The van der Waals surface area contributed by atoms with Crippen molar-refractivity contribution in [3.05, 3.63) is 23.8 Å². The van der Waals surface area contributed by atoms with Crippen molar-refractivity contribution in [3.63, 3.8) is 0 Å². The summed E-state index contributed by atoms with van der Waals surface area (Å²) in [7, 11) is 0. The van der Waals surface area contributed by atoms with Crippen LogP contribution in [0.2, 0.25) is 0 Å². The first kappa shape index (κ1) is 10.6. The first-order chi connectivity index (χ1) is 6.52. The van der Waals surface area contributed by atoms with Crippen molar-refractivity contribution in [2.24, 2.45) is 5.73 Å². The Hall–Kier alpha value is -1.43. The van der Waals surface area contributed by atoms with Crippen molar-refractivity contribution in [2.75, 3.05) is 0 Å². The second kappa shape index (κ2) is 4.19. The zero-order chi connectivity index (χ0) is 10.7. The van der Waals surface area contributed by atoms with E-state index in [0.29, 0.717) is 0 Å². The molecule has 0 saturated carbocycles. The van der Waals surface area contributed by atoms with Crippen LogP contribution in [0.25, 0.3) is 0 Å². The highest BCUT2D eigenvalue weighted by Crippen LogP contribution is 2.15. The van der Waals surface area contributed by atoms with Gasteiger partial charge in [0, 0.05) is 0 Å². The van der Waals surface area contributed by atoms with Crippen molar-refractivity contribution in [2.45, 2.75) is 19.4 Å². The summed E-state index contributed by atoms with van der Waals surface area (Å²) in [6.45, 7) is 1.46. The summed E-state index contributed by atoms with van der Waals surface area (Å²) >= 11 is 0. The summed E-state index contributed by atoms with van der Waals surface area (Å²) in [5.74, 6) is -0.500. The Balaban J connectivity index is 3.00. The largest absolute Gasteiger partial charge is 0.321 e.